The molecule has 2 aromatic heterocycles. The molecule has 0 fully saturated rings. The van der Waals surface area contributed by atoms with E-state index in [0.29, 0.717) is 23.2 Å². The van der Waals surface area contributed by atoms with Crippen LogP contribution < -0.4 is 0 Å². The van der Waals surface area contributed by atoms with Crippen LogP contribution in [-0.2, 0) is 0 Å². The molecule has 0 aliphatic carbocycles. The van der Waals surface area contributed by atoms with Gasteiger partial charge in [-0.2, -0.15) is 0 Å². The maximum absolute atomic E-state index is 7.79. The van der Waals surface area contributed by atoms with Crippen LogP contribution in [0.1, 0.15) is 0 Å². The van der Waals surface area contributed by atoms with Gasteiger partial charge in [0.05, 0.1) is 23.3 Å². The molecule has 51 heavy (non-hydrogen) atoms. The van der Waals surface area contributed by atoms with Gasteiger partial charge in [0.2, 0.25) is 0 Å². The predicted molar refractivity (Wildman–Crippen MR) is 209 cm³/mol. The fourth-order valence-corrected chi connectivity index (χ4v) is 7.30. The van der Waals surface area contributed by atoms with Gasteiger partial charge in [0.15, 0.2) is 23.2 Å². The number of hydrogen-bond acceptors (Lipinski definition) is 3. The molecule has 0 N–H and O–H groups in total. The molecule has 5 nitrogen and oxygen atoms in total. The Balaban J connectivity index is 1.22. The van der Waals surface area contributed by atoms with Gasteiger partial charge in [-0.25, -0.2) is 19.8 Å². The number of rotatable bonds is 4. The van der Waals surface area contributed by atoms with E-state index < -0.39 is 0 Å². The van der Waals surface area contributed by atoms with E-state index in [9.17, 15) is 0 Å². The molecule has 0 radical (unpaired) electrons. The van der Waals surface area contributed by atoms with E-state index in [2.05, 4.69) is 161 Å². The summed E-state index contributed by atoms with van der Waals surface area (Å²) >= 11 is 0. The van der Waals surface area contributed by atoms with Crippen molar-refractivity contribution in [2.24, 2.45) is 0 Å². The first-order valence-corrected chi connectivity index (χ1v) is 16.9. The smallest absolute Gasteiger partial charge is 0.188 e. The molecule has 2 heterocycles. The average Bonchev–Trinajstić information content (AvgIpc) is 3.52. The molecule has 0 saturated heterocycles. The van der Waals surface area contributed by atoms with Crippen LogP contribution in [0, 0.1) is 6.57 Å². The Labute approximate surface area is 293 Å². The fraction of sp³-hybridized carbons (Fsp3) is 0. The lowest BCUT2D eigenvalue weighted by Gasteiger charge is -2.12. The van der Waals surface area contributed by atoms with Gasteiger partial charge in [-0.1, -0.05) is 115 Å². The molecule has 0 atom stereocenters. The highest BCUT2D eigenvalue weighted by molar-refractivity contribution is 6.12. The highest BCUT2D eigenvalue weighted by Gasteiger charge is 2.18. The highest BCUT2D eigenvalue weighted by Crippen LogP contribution is 2.38. The van der Waals surface area contributed by atoms with Gasteiger partial charge in [0.25, 0.3) is 0 Å². The Morgan fingerprint density at radius 1 is 0.392 bits per heavy atom. The van der Waals surface area contributed by atoms with Crippen molar-refractivity contribution in [1.82, 2.24) is 19.5 Å². The van der Waals surface area contributed by atoms with Crippen LogP contribution in [0.4, 0.5) is 5.69 Å². The quantitative estimate of drug-likeness (QED) is 0.178. The molecule has 0 aliphatic heterocycles. The first kappa shape index (κ1) is 28.8. The first-order valence-electron chi connectivity index (χ1n) is 16.9. The normalized spacial score (nSPS) is 11.5. The molecule has 0 saturated carbocycles. The highest BCUT2D eigenvalue weighted by atomic mass is 15.0. The molecule has 8 aromatic carbocycles. The summed E-state index contributed by atoms with van der Waals surface area (Å²) in [7, 11) is 0. The lowest BCUT2D eigenvalue weighted by molar-refractivity contribution is 1.08. The molecule has 5 heteroatoms. The Bertz CT molecular complexity index is 2960. The van der Waals surface area contributed by atoms with Crippen LogP contribution in [0.2, 0.25) is 0 Å². The third-order valence-electron chi connectivity index (χ3n) is 9.79. The molecule has 0 amide bonds. The van der Waals surface area contributed by atoms with Crippen molar-refractivity contribution in [3.8, 4) is 39.9 Å². The van der Waals surface area contributed by atoms with Crippen molar-refractivity contribution in [2.75, 3.05) is 0 Å². The average molecular weight is 650 g/mol. The second-order valence-electron chi connectivity index (χ2n) is 12.8. The van der Waals surface area contributed by atoms with E-state index in [0.717, 1.165) is 71.1 Å². The van der Waals surface area contributed by atoms with Gasteiger partial charge in [-0.05, 0) is 80.8 Å². The Morgan fingerprint density at radius 2 is 0.882 bits per heavy atom. The number of hydrogen-bond donors (Lipinski definition) is 0. The summed E-state index contributed by atoms with van der Waals surface area (Å²) in [5.74, 6) is 1.82. The Morgan fingerprint density at radius 3 is 1.51 bits per heavy atom. The minimum absolute atomic E-state index is 0.589. The second-order valence-corrected chi connectivity index (χ2v) is 12.8. The largest absolute Gasteiger partial charge is 0.309 e. The van der Waals surface area contributed by atoms with Gasteiger partial charge < -0.3 is 4.57 Å². The third kappa shape index (κ3) is 4.81. The molecule has 0 bridgehead atoms. The molecular weight excluding hydrogens is 623 g/mol. The van der Waals surface area contributed by atoms with E-state index in [-0.39, 0.29) is 0 Å². The van der Waals surface area contributed by atoms with Crippen LogP contribution in [-0.4, -0.2) is 19.5 Å². The molecular formula is C46H27N5. The number of fused-ring (bicyclic) bond motifs is 6. The van der Waals surface area contributed by atoms with Crippen LogP contribution in [0.15, 0.2) is 164 Å². The summed E-state index contributed by atoms with van der Waals surface area (Å²) in [5.41, 5.74) is 6.50. The molecule has 236 valence electrons. The van der Waals surface area contributed by atoms with Crippen molar-refractivity contribution < 1.29 is 0 Å². The van der Waals surface area contributed by atoms with Crippen molar-refractivity contribution in [1.29, 1.82) is 0 Å². The Kier molecular flexibility index (Phi) is 6.48. The number of benzene rings is 8. The maximum Gasteiger partial charge on any atom is 0.188 e. The van der Waals surface area contributed by atoms with Crippen molar-refractivity contribution >= 4 is 59.8 Å². The minimum Gasteiger partial charge on any atom is -0.309 e. The molecule has 0 unspecified atom stereocenters. The van der Waals surface area contributed by atoms with Gasteiger partial charge in [0, 0.05) is 27.5 Å². The third-order valence-corrected chi connectivity index (χ3v) is 9.79. The Hall–Kier alpha value is -7.16. The lowest BCUT2D eigenvalue weighted by atomic mass is 10.0. The number of aromatic nitrogens is 4. The standard InChI is InChI=1S/C46H27N5/c1-47-37-22-24-43-40(28-37)39-27-36(21-23-42(39)51(43)41-16-8-14-31-11-6-7-15-38(31)41)46-49-44(34-19-17-29-9-2-4-12-32(29)25-34)48-45(50-46)35-20-18-30-10-3-5-13-33(30)26-35/h2-28H. The van der Waals surface area contributed by atoms with Gasteiger partial charge in [0.1, 0.15) is 0 Å². The SMILES string of the molecule is [C-]#[N+]c1ccc2c(c1)c1cc(-c3nc(-c4ccc5ccccc5c4)nc(-c4ccc5ccccc5c4)n3)ccc1n2-c1cccc2ccccc12. The lowest BCUT2D eigenvalue weighted by Crippen LogP contribution is -2.00. The van der Waals surface area contributed by atoms with Crippen LogP contribution >= 0.6 is 0 Å². The summed E-state index contributed by atoms with van der Waals surface area (Å²) in [5, 5.41) is 8.95. The van der Waals surface area contributed by atoms with Crippen molar-refractivity contribution in [3.63, 3.8) is 0 Å². The zero-order chi connectivity index (χ0) is 33.9. The zero-order valence-corrected chi connectivity index (χ0v) is 27.3. The van der Waals surface area contributed by atoms with Gasteiger partial charge in [-0.3, -0.25) is 0 Å². The molecule has 10 aromatic rings. The predicted octanol–water partition coefficient (Wildman–Crippen LogP) is 12.0. The summed E-state index contributed by atoms with van der Waals surface area (Å²) < 4.78 is 2.30. The van der Waals surface area contributed by atoms with E-state index in [4.69, 9.17) is 21.5 Å². The van der Waals surface area contributed by atoms with Gasteiger partial charge in [-0.15, -0.1) is 0 Å². The van der Waals surface area contributed by atoms with Crippen molar-refractivity contribution in [3.05, 3.63) is 175 Å². The maximum atomic E-state index is 7.79. The van der Waals surface area contributed by atoms with Crippen molar-refractivity contribution in [2.45, 2.75) is 0 Å². The first-order chi connectivity index (χ1) is 25.2. The van der Waals surface area contributed by atoms with Crippen LogP contribution in [0.3, 0.4) is 0 Å². The van der Waals surface area contributed by atoms with E-state index >= 15 is 0 Å². The molecule has 10 rings (SSSR count). The van der Waals surface area contributed by atoms with Crippen LogP contribution in [0.25, 0.3) is 98.8 Å². The summed E-state index contributed by atoms with van der Waals surface area (Å²) in [6, 6.07) is 56.6. The summed E-state index contributed by atoms with van der Waals surface area (Å²) in [4.78, 5) is 19.1. The van der Waals surface area contributed by atoms with Crippen LogP contribution in [0.5, 0.6) is 0 Å². The monoisotopic (exact) mass is 649 g/mol. The minimum atomic E-state index is 0.589. The molecule has 0 aliphatic rings. The van der Waals surface area contributed by atoms with Gasteiger partial charge >= 0.3 is 0 Å². The second kappa shape index (κ2) is 11.5. The molecule has 0 spiro atoms. The zero-order valence-electron chi connectivity index (χ0n) is 27.3. The topological polar surface area (TPSA) is 48.0 Å². The fourth-order valence-electron chi connectivity index (χ4n) is 7.30. The van der Waals surface area contributed by atoms with E-state index in [1.165, 1.54) is 5.39 Å². The number of nitrogens with zero attached hydrogens (tertiary/aromatic N) is 5. The van der Waals surface area contributed by atoms with E-state index in [1.807, 2.05) is 12.1 Å². The summed E-state index contributed by atoms with van der Waals surface area (Å²) in [6.07, 6.45) is 0. The van der Waals surface area contributed by atoms with E-state index in [1.54, 1.807) is 0 Å². The summed E-state index contributed by atoms with van der Waals surface area (Å²) in [6.45, 7) is 7.79.